The quantitative estimate of drug-likeness (QED) is 0.736. The molecule has 3 N–H and O–H groups in total. The number of hydrogen-bond donors (Lipinski definition) is 3. The summed E-state index contributed by atoms with van der Waals surface area (Å²) in [5, 5.41) is 7.22. The van der Waals surface area contributed by atoms with Gasteiger partial charge in [0.25, 0.3) is 0 Å². The van der Waals surface area contributed by atoms with Crippen molar-refractivity contribution in [3.8, 4) is 0 Å². The molecule has 5 nitrogen and oxygen atoms in total. The average Bonchev–Trinajstić information content (AvgIpc) is 2.53. The SMILES string of the molecule is CC1CCCC(NC(=O)NCC(=O)Nc2ccc(F)c(F)c2F)C1. The van der Waals surface area contributed by atoms with Crippen molar-refractivity contribution < 1.29 is 22.8 Å². The second-order valence-corrected chi connectivity index (χ2v) is 6.07. The number of carbonyl (C=O) groups excluding carboxylic acids is 2. The number of nitrogens with one attached hydrogen (secondary N) is 3. The highest BCUT2D eigenvalue weighted by Crippen LogP contribution is 2.23. The van der Waals surface area contributed by atoms with Crippen LogP contribution in [0.4, 0.5) is 23.7 Å². The molecule has 1 aromatic rings. The highest BCUT2D eigenvalue weighted by atomic mass is 19.2. The third-order valence-corrected chi connectivity index (χ3v) is 3.99. The third-order valence-electron chi connectivity index (χ3n) is 3.99. The monoisotopic (exact) mass is 343 g/mol. The lowest BCUT2D eigenvalue weighted by Gasteiger charge is -2.27. The maximum atomic E-state index is 13.4. The zero-order valence-electron chi connectivity index (χ0n) is 13.3. The highest BCUT2D eigenvalue weighted by Gasteiger charge is 2.20. The normalized spacial score (nSPS) is 20.3. The van der Waals surface area contributed by atoms with Gasteiger partial charge in [0.05, 0.1) is 12.2 Å². The van der Waals surface area contributed by atoms with Crippen LogP contribution < -0.4 is 16.0 Å². The van der Waals surface area contributed by atoms with Crippen LogP contribution in [0.1, 0.15) is 32.6 Å². The Morgan fingerprint density at radius 3 is 2.62 bits per heavy atom. The Hall–Kier alpha value is -2.25. The molecule has 1 saturated carbocycles. The summed E-state index contributed by atoms with van der Waals surface area (Å²) < 4.78 is 39.3. The van der Waals surface area contributed by atoms with Crippen molar-refractivity contribution in [1.82, 2.24) is 10.6 Å². The molecule has 132 valence electrons. The maximum Gasteiger partial charge on any atom is 0.315 e. The van der Waals surface area contributed by atoms with Gasteiger partial charge in [-0.3, -0.25) is 4.79 Å². The van der Waals surface area contributed by atoms with Crippen LogP contribution in [-0.4, -0.2) is 24.5 Å². The first-order chi connectivity index (χ1) is 11.4. The van der Waals surface area contributed by atoms with Gasteiger partial charge < -0.3 is 16.0 Å². The van der Waals surface area contributed by atoms with E-state index in [9.17, 15) is 22.8 Å². The van der Waals surface area contributed by atoms with E-state index in [1.165, 1.54) is 0 Å². The number of rotatable bonds is 4. The number of benzene rings is 1. The minimum atomic E-state index is -1.66. The molecule has 1 aromatic carbocycles. The van der Waals surface area contributed by atoms with Gasteiger partial charge in [0.15, 0.2) is 17.5 Å². The summed E-state index contributed by atoms with van der Waals surface area (Å²) in [4.78, 5) is 23.4. The van der Waals surface area contributed by atoms with Crippen molar-refractivity contribution in [3.05, 3.63) is 29.6 Å². The first-order valence-corrected chi connectivity index (χ1v) is 7.84. The molecule has 1 aliphatic rings. The fourth-order valence-electron chi connectivity index (χ4n) is 2.78. The summed E-state index contributed by atoms with van der Waals surface area (Å²) in [5.74, 6) is -4.69. The number of hydrogen-bond acceptors (Lipinski definition) is 2. The van der Waals surface area contributed by atoms with Crippen LogP contribution in [0.5, 0.6) is 0 Å². The predicted octanol–water partition coefficient (Wildman–Crippen LogP) is 2.92. The van der Waals surface area contributed by atoms with Crippen molar-refractivity contribution in [3.63, 3.8) is 0 Å². The Morgan fingerprint density at radius 1 is 1.17 bits per heavy atom. The van der Waals surface area contributed by atoms with Gasteiger partial charge in [0.2, 0.25) is 5.91 Å². The van der Waals surface area contributed by atoms with E-state index in [-0.39, 0.29) is 6.04 Å². The molecule has 2 atom stereocenters. The summed E-state index contributed by atoms with van der Waals surface area (Å²) in [6.07, 6.45) is 3.97. The molecule has 3 amide bonds. The van der Waals surface area contributed by atoms with Gasteiger partial charge in [0.1, 0.15) is 0 Å². The van der Waals surface area contributed by atoms with E-state index in [0.29, 0.717) is 12.0 Å². The molecule has 0 bridgehead atoms. The van der Waals surface area contributed by atoms with E-state index < -0.39 is 41.6 Å². The van der Waals surface area contributed by atoms with Gasteiger partial charge in [-0.2, -0.15) is 0 Å². The van der Waals surface area contributed by atoms with Crippen molar-refractivity contribution in [1.29, 1.82) is 0 Å². The van der Waals surface area contributed by atoms with Crippen LogP contribution >= 0.6 is 0 Å². The number of amides is 3. The van der Waals surface area contributed by atoms with Crippen LogP contribution in [0.15, 0.2) is 12.1 Å². The molecule has 0 heterocycles. The Morgan fingerprint density at radius 2 is 1.92 bits per heavy atom. The summed E-state index contributed by atoms with van der Waals surface area (Å²) in [7, 11) is 0. The van der Waals surface area contributed by atoms with Gasteiger partial charge in [-0.15, -0.1) is 0 Å². The van der Waals surface area contributed by atoms with E-state index in [2.05, 4.69) is 22.9 Å². The van der Waals surface area contributed by atoms with Crippen molar-refractivity contribution in [2.75, 3.05) is 11.9 Å². The molecule has 2 unspecified atom stereocenters. The maximum absolute atomic E-state index is 13.4. The Kier molecular flexibility index (Phi) is 6.05. The van der Waals surface area contributed by atoms with E-state index in [4.69, 9.17) is 0 Å². The lowest BCUT2D eigenvalue weighted by atomic mass is 9.87. The number of urea groups is 1. The van der Waals surface area contributed by atoms with Crippen LogP contribution in [0, 0.1) is 23.4 Å². The summed E-state index contributed by atoms with van der Waals surface area (Å²) in [6, 6.07) is 1.20. The molecule has 8 heteroatoms. The molecule has 24 heavy (non-hydrogen) atoms. The minimum absolute atomic E-state index is 0.0699. The standard InChI is InChI=1S/C16H20F3N3O2/c1-9-3-2-4-10(7-9)21-16(24)20-8-13(23)22-12-6-5-11(17)14(18)15(12)19/h5-6,9-10H,2-4,7-8H2,1H3,(H,22,23)(H2,20,21,24). The molecule has 1 aliphatic carbocycles. The second-order valence-electron chi connectivity index (χ2n) is 6.07. The van der Waals surface area contributed by atoms with Crippen LogP contribution in [-0.2, 0) is 4.79 Å². The first kappa shape index (κ1) is 18.1. The van der Waals surface area contributed by atoms with Crippen LogP contribution in [0.25, 0.3) is 0 Å². The number of anilines is 1. The first-order valence-electron chi connectivity index (χ1n) is 7.84. The zero-order chi connectivity index (χ0) is 17.7. The fourth-order valence-corrected chi connectivity index (χ4v) is 2.78. The average molecular weight is 343 g/mol. The number of carbonyl (C=O) groups is 2. The van der Waals surface area contributed by atoms with Gasteiger partial charge in [0, 0.05) is 6.04 Å². The van der Waals surface area contributed by atoms with Crippen LogP contribution in [0.3, 0.4) is 0 Å². The molecular formula is C16H20F3N3O2. The molecule has 0 saturated heterocycles. The van der Waals surface area contributed by atoms with Crippen LogP contribution in [0.2, 0.25) is 0 Å². The molecule has 0 spiro atoms. The minimum Gasteiger partial charge on any atom is -0.335 e. The summed E-state index contributed by atoms with van der Waals surface area (Å²) >= 11 is 0. The number of halogens is 3. The summed E-state index contributed by atoms with van der Waals surface area (Å²) in [5.41, 5.74) is -0.484. The van der Waals surface area contributed by atoms with Crippen molar-refractivity contribution in [2.24, 2.45) is 5.92 Å². The Balaban J connectivity index is 1.78. The second kappa shape index (κ2) is 8.03. The van der Waals surface area contributed by atoms with E-state index in [1.54, 1.807) is 0 Å². The molecule has 2 rings (SSSR count). The molecule has 0 radical (unpaired) electrons. The zero-order valence-corrected chi connectivity index (χ0v) is 13.3. The van der Waals surface area contributed by atoms with Gasteiger partial charge in [-0.05, 0) is 30.9 Å². The predicted molar refractivity (Wildman–Crippen MR) is 82.9 cm³/mol. The summed E-state index contributed by atoms with van der Waals surface area (Å²) in [6.45, 7) is 1.71. The highest BCUT2D eigenvalue weighted by molar-refractivity contribution is 5.94. The fraction of sp³-hybridized carbons (Fsp3) is 0.500. The molecule has 0 aliphatic heterocycles. The third kappa shape index (κ3) is 4.87. The van der Waals surface area contributed by atoms with Gasteiger partial charge >= 0.3 is 6.03 Å². The molecule has 1 fully saturated rings. The smallest absolute Gasteiger partial charge is 0.315 e. The molecular weight excluding hydrogens is 323 g/mol. The van der Waals surface area contributed by atoms with E-state index in [1.807, 2.05) is 0 Å². The lowest BCUT2D eigenvalue weighted by Crippen LogP contribution is -2.46. The van der Waals surface area contributed by atoms with Crippen molar-refractivity contribution >= 4 is 17.6 Å². The van der Waals surface area contributed by atoms with E-state index >= 15 is 0 Å². The Labute approximate surface area is 138 Å². The lowest BCUT2D eigenvalue weighted by molar-refractivity contribution is -0.115. The largest absolute Gasteiger partial charge is 0.335 e. The van der Waals surface area contributed by atoms with Gasteiger partial charge in [-0.25, -0.2) is 18.0 Å². The van der Waals surface area contributed by atoms with E-state index in [0.717, 1.165) is 31.7 Å². The Bertz CT molecular complexity index is 625. The molecule has 0 aromatic heterocycles. The topological polar surface area (TPSA) is 70.2 Å². The van der Waals surface area contributed by atoms with Crippen molar-refractivity contribution in [2.45, 2.75) is 38.6 Å². The van der Waals surface area contributed by atoms with Gasteiger partial charge in [-0.1, -0.05) is 19.8 Å².